The molecule has 0 radical (unpaired) electrons. The van der Waals surface area contributed by atoms with Crippen molar-refractivity contribution in [1.82, 2.24) is 4.90 Å². The van der Waals surface area contributed by atoms with E-state index in [1.54, 1.807) is 23.1 Å². The first kappa shape index (κ1) is 13.4. The lowest BCUT2D eigenvalue weighted by Crippen LogP contribution is -2.37. The van der Waals surface area contributed by atoms with Crippen LogP contribution < -0.4 is 5.73 Å². The van der Waals surface area contributed by atoms with Gasteiger partial charge < -0.3 is 15.7 Å². The van der Waals surface area contributed by atoms with Crippen molar-refractivity contribution in [3.8, 4) is 0 Å². The van der Waals surface area contributed by atoms with Crippen LogP contribution in [0.4, 0.5) is 5.69 Å². The number of nitrogen functional groups attached to an aromatic ring is 1. The highest BCUT2D eigenvalue weighted by atomic mass is 16.4. The number of carbonyl (C=O) groups is 2. The Labute approximate surface area is 112 Å². The van der Waals surface area contributed by atoms with Crippen molar-refractivity contribution in [3.05, 3.63) is 29.3 Å². The SMILES string of the molecule is Cc1c(N)cccc1C(=O)N1CCCC1CC(=O)O. The summed E-state index contributed by atoms with van der Waals surface area (Å²) in [5, 5.41) is 8.88. The van der Waals surface area contributed by atoms with E-state index in [1.165, 1.54) is 0 Å². The minimum Gasteiger partial charge on any atom is -0.481 e. The van der Waals surface area contributed by atoms with Crippen LogP contribution in [0.25, 0.3) is 0 Å². The predicted octanol–water partition coefficient (Wildman–Crippen LogP) is 1.66. The molecule has 0 bridgehead atoms. The lowest BCUT2D eigenvalue weighted by molar-refractivity contribution is -0.137. The van der Waals surface area contributed by atoms with Crippen molar-refractivity contribution in [2.75, 3.05) is 12.3 Å². The van der Waals surface area contributed by atoms with Crippen molar-refractivity contribution < 1.29 is 14.7 Å². The monoisotopic (exact) mass is 262 g/mol. The number of carbonyl (C=O) groups excluding carboxylic acids is 1. The van der Waals surface area contributed by atoms with Gasteiger partial charge in [0, 0.05) is 23.8 Å². The van der Waals surface area contributed by atoms with Gasteiger partial charge in [0.2, 0.25) is 0 Å². The summed E-state index contributed by atoms with van der Waals surface area (Å²) in [4.78, 5) is 25.0. The summed E-state index contributed by atoms with van der Waals surface area (Å²) < 4.78 is 0. The second-order valence-corrected chi connectivity index (χ2v) is 4.91. The normalized spacial score (nSPS) is 18.6. The number of rotatable bonds is 3. The van der Waals surface area contributed by atoms with E-state index in [1.807, 2.05) is 6.92 Å². The maximum absolute atomic E-state index is 12.5. The minimum atomic E-state index is -0.867. The molecule has 5 nitrogen and oxygen atoms in total. The second-order valence-electron chi connectivity index (χ2n) is 4.91. The number of hydrogen-bond donors (Lipinski definition) is 2. The zero-order valence-electron chi connectivity index (χ0n) is 10.9. The van der Waals surface area contributed by atoms with E-state index in [9.17, 15) is 9.59 Å². The van der Waals surface area contributed by atoms with E-state index in [0.29, 0.717) is 17.8 Å². The van der Waals surface area contributed by atoms with Crippen LogP contribution >= 0.6 is 0 Å². The fourth-order valence-corrected chi connectivity index (χ4v) is 2.56. The molecule has 1 aliphatic rings. The summed E-state index contributed by atoms with van der Waals surface area (Å²) in [7, 11) is 0. The van der Waals surface area contributed by atoms with Crippen LogP contribution in [0.1, 0.15) is 35.2 Å². The first-order valence-electron chi connectivity index (χ1n) is 6.38. The number of hydrogen-bond acceptors (Lipinski definition) is 3. The van der Waals surface area contributed by atoms with Crippen LogP contribution in [0.2, 0.25) is 0 Å². The highest BCUT2D eigenvalue weighted by Gasteiger charge is 2.31. The summed E-state index contributed by atoms with van der Waals surface area (Å²) in [6.45, 7) is 2.43. The van der Waals surface area contributed by atoms with Gasteiger partial charge in [-0.3, -0.25) is 9.59 Å². The lowest BCUT2D eigenvalue weighted by atomic mass is 10.0. The highest BCUT2D eigenvalue weighted by Crippen LogP contribution is 2.25. The van der Waals surface area contributed by atoms with Crippen molar-refractivity contribution in [1.29, 1.82) is 0 Å². The van der Waals surface area contributed by atoms with Crippen LogP contribution in [0.15, 0.2) is 18.2 Å². The zero-order valence-corrected chi connectivity index (χ0v) is 10.9. The van der Waals surface area contributed by atoms with Crippen LogP contribution in [0.3, 0.4) is 0 Å². The number of carboxylic acid groups (broad SMARTS) is 1. The van der Waals surface area contributed by atoms with Gasteiger partial charge in [-0.2, -0.15) is 0 Å². The smallest absolute Gasteiger partial charge is 0.305 e. The van der Waals surface area contributed by atoms with Crippen molar-refractivity contribution >= 4 is 17.6 Å². The lowest BCUT2D eigenvalue weighted by Gasteiger charge is -2.24. The summed E-state index contributed by atoms with van der Waals surface area (Å²) in [5.41, 5.74) is 7.72. The van der Waals surface area contributed by atoms with Gasteiger partial charge in [-0.05, 0) is 37.5 Å². The Morgan fingerprint density at radius 3 is 2.89 bits per heavy atom. The Kier molecular flexibility index (Phi) is 3.74. The Morgan fingerprint density at radius 2 is 2.21 bits per heavy atom. The molecule has 1 aliphatic heterocycles. The number of amides is 1. The molecule has 102 valence electrons. The number of aliphatic carboxylic acids is 1. The van der Waals surface area contributed by atoms with Gasteiger partial charge >= 0.3 is 5.97 Å². The maximum Gasteiger partial charge on any atom is 0.305 e. The number of nitrogens with zero attached hydrogens (tertiary/aromatic N) is 1. The van der Waals surface area contributed by atoms with Crippen molar-refractivity contribution in [3.63, 3.8) is 0 Å². The largest absolute Gasteiger partial charge is 0.481 e. The van der Waals surface area contributed by atoms with Crippen LogP contribution in [-0.4, -0.2) is 34.5 Å². The molecule has 1 unspecified atom stereocenters. The molecule has 0 spiro atoms. The van der Waals surface area contributed by atoms with E-state index in [-0.39, 0.29) is 18.4 Å². The maximum atomic E-state index is 12.5. The first-order chi connectivity index (χ1) is 9.00. The number of likely N-dealkylation sites (tertiary alicyclic amines) is 1. The third kappa shape index (κ3) is 2.70. The molecular formula is C14H18N2O3. The molecule has 1 saturated heterocycles. The third-order valence-corrected chi connectivity index (χ3v) is 3.65. The molecule has 0 aliphatic carbocycles. The molecule has 1 amide bonds. The van der Waals surface area contributed by atoms with Crippen LogP contribution in [-0.2, 0) is 4.79 Å². The molecule has 5 heteroatoms. The van der Waals surface area contributed by atoms with Gasteiger partial charge in [0.05, 0.1) is 6.42 Å². The third-order valence-electron chi connectivity index (χ3n) is 3.65. The Balaban J connectivity index is 2.23. The van der Waals surface area contributed by atoms with Gasteiger partial charge in [-0.25, -0.2) is 0 Å². The summed E-state index contributed by atoms with van der Waals surface area (Å²) in [6.07, 6.45) is 1.61. The molecule has 0 saturated carbocycles. The van der Waals surface area contributed by atoms with Gasteiger partial charge in [-0.1, -0.05) is 6.07 Å². The van der Waals surface area contributed by atoms with Gasteiger partial charge in [-0.15, -0.1) is 0 Å². The molecule has 1 heterocycles. The van der Waals surface area contributed by atoms with Gasteiger partial charge in [0.15, 0.2) is 0 Å². The topological polar surface area (TPSA) is 83.6 Å². The van der Waals surface area contributed by atoms with E-state index >= 15 is 0 Å². The zero-order chi connectivity index (χ0) is 14.0. The molecule has 0 aromatic heterocycles. The summed E-state index contributed by atoms with van der Waals surface area (Å²) in [6, 6.07) is 5.04. The Hall–Kier alpha value is -2.04. The van der Waals surface area contributed by atoms with E-state index in [0.717, 1.165) is 18.4 Å². The molecule has 3 N–H and O–H groups in total. The summed E-state index contributed by atoms with van der Waals surface area (Å²) >= 11 is 0. The summed E-state index contributed by atoms with van der Waals surface area (Å²) in [5.74, 6) is -0.984. The molecule has 1 atom stereocenters. The molecular weight excluding hydrogens is 244 g/mol. The molecule has 1 aromatic rings. The van der Waals surface area contributed by atoms with E-state index in [2.05, 4.69) is 0 Å². The minimum absolute atomic E-state index is 0.00705. The van der Waals surface area contributed by atoms with Crippen molar-refractivity contribution in [2.24, 2.45) is 0 Å². The Morgan fingerprint density at radius 1 is 1.47 bits per heavy atom. The molecule has 1 aromatic carbocycles. The van der Waals surface area contributed by atoms with Crippen LogP contribution in [0, 0.1) is 6.92 Å². The van der Waals surface area contributed by atoms with Gasteiger partial charge in [0.25, 0.3) is 5.91 Å². The average molecular weight is 262 g/mol. The quantitative estimate of drug-likeness (QED) is 0.811. The highest BCUT2D eigenvalue weighted by molar-refractivity contribution is 5.97. The Bertz CT molecular complexity index is 513. The number of nitrogens with two attached hydrogens (primary N) is 1. The average Bonchev–Trinajstić information content (AvgIpc) is 2.79. The number of carboxylic acids is 1. The number of anilines is 1. The molecule has 1 fully saturated rings. The predicted molar refractivity (Wildman–Crippen MR) is 71.9 cm³/mol. The van der Waals surface area contributed by atoms with E-state index < -0.39 is 5.97 Å². The second kappa shape index (κ2) is 5.30. The molecule has 2 rings (SSSR count). The molecule has 19 heavy (non-hydrogen) atoms. The fraction of sp³-hybridized carbons (Fsp3) is 0.429. The fourth-order valence-electron chi connectivity index (χ4n) is 2.56. The first-order valence-corrected chi connectivity index (χ1v) is 6.38. The van der Waals surface area contributed by atoms with Crippen molar-refractivity contribution in [2.45, 2.75) is 32.2 Å². The number of benzene rings is 1. The van der Waals surface area contributed by atoms with Gasteiger partial charge in [0.1, 0.15) is 0 Å². The van der Waals surface area contributed by atoms with E-state index in [4.69, 9.17) is 10.8 Å². The van der Waals surface area contributed by atoms with Crippen LogP contribution in [0.5, 0.6) is 0 Å². The standard InChI is InChI=1S/C14H18N2O3/c1-9-11(5-2-6-12(9)15)14(19)16-7-3-4-10(16)8-13(17)18/h2,5-6,10H,3-4,7-8,15H2,1H3,(H,17,18).